The summed E-state index contributed by atoms with van der Waals surface area (Å²) in [4.78, 5) is 4.60. The van der Waals surface area contributed by atoms with E-state index in [0.717, 1.165) is 41.7 Å². The van der Waals surface area contributed by atoms with Gasteiger partial charge in [0.15, 0.2) is 0 Å². The van der Waals surface area contributed by atoms with E-state index >= 15 is 0 Å². The van der Waals surface area contributed by atoms with Crippen LogP contribution in [0.4, 0.5) is 0 Å². The Kier molecular flexibility index (Phi) is 2.96. The molecule has 5 rings (SSSR count). The summed E-state index contributed by atoms with van der Waals surface area (Å²) in [5, 5.41) is 3.40. The maximum atomic E-state index is 6.61. The zero-order chi connectivity index (χ0) is 13.0. The second-order valence-corrected chi connectivity index (χ2v) is 8.20. The molecular formula is C16H24N2S. The Hall–Kier alpha value is -0.410. The molecule has 0 saturated heterocycles. The molecule has 4 fully saturated rings. The first-order valence-electron chi connectivity index (χ1n) is 7.85. The maximum Gasteiger partial charge on any atom is 0.0943 e. The molecule has 0 aromatic carbocycles. The number of hydrogen-bond acceptors (Lipinski definition) is 3. The van der Waals surface area contributed by atoms with E-state index in [1.54, 1.807) is 11.3 Å². The third-order valence-electron chi connectivity index (χ3n) is 5.87. The molecule has 1 unspecified atom stereocenters. The van der Waals surface area contributed by atoms with Crippen molar-refractivity contribution in [1.29, 1.82) is 0 Å². The fraction of sp³-hybridized carbons (Fsp3) is 0.812. The molecule has 4 aliphatic rings. The molecule has 0 radical (unpaired) electrons. The number of aromatic nitrogens is 1. The zero-order valence-electron chi connectivity index (χ0n) is 11.7. The fourth-order valence-corrected chi connectivity index (χ4v) is 6.35. The number of thiazole rings is 1. The molecule has 4 aliphatic carbocycles. The van der Waals surface area contributed by atoms with Crippen LogP contribution in [0, 0.1) is 36.5 Å². The highest BCUT2D eigenvalue weighted by Crippen LogP contribution is 2.57. The fourth-order valence-electron chi connectivity index (χ4n) is 5.50. The number of aryl methyl sites for hydroxylation is 1. The van der Waals surface area contributed by atoms with E-state index in [0.29, 0.717) is 6.04 Å². The lowest BCUT2D eigenvalue weighted by molar-refractivity contribution is -0.0464. The number of nitrogens with zero attached hydrogens (tertiary/aromatic N) is 1. The maximum absolute atomic E-state index is 6.61. The first-order chi connectivity index (χ1) is 9.19. The van der Waals surface area contributed by atoms with Crippen molar-refractivity contribution >= 4 is 11.3 Å². The van der Waals surface area contributed by atoms with Crippen molar-refractivity contribution in [3.8, 4) is 0 Å². The topological polar surface area (TPSA) is 38.9 Å². The van der Waals surface area contributed by atoms with Crippen molar-refractivity contribution in [2.24, 2.45) is 35.3 Å². The predicted octanol–water partition coefficient (Wildman–Crippen LogP) is 3.39. The smallest absolute Gasteiger partial charge is 0.0943 e. The monoisotopic (exact) mass is 276 g/mol. The molecule has 4 bridgehead atoms. The summed E-state index contributed by atoms with van der Waals surface area (Å²) in [7, 11) is 0. The third kappa shape index (κ3) is 2.15. The van der Waals surface area contributed by atoms with Gasteiger partial charge in [-0.1, -0.05) is 0 Å². The second kappa shape index (κ2) is 4.56. The van der Waals surface area contributed by atoms with Gasteiger partial charge in [0.1, 0.15) is 0 Å². The summed E-state index contributed by atoms with van der Waals surface area (Å²) >= 11 is 1.79. The van der Waals surface area contributed by atoms with E-state index < -0.39 is 0 Å². The molecule has 2 nitrogen and oxygen atoms in total. The van der Waals surface area contributed by atoms with Crippen LogP contribution in [-0.2, 0) is 6.42 Å². The number of rotatable bonds is 3. The molecular weight excluding hydrogens is 252 g/mol. The largest absolute Gasteiger partial charge is 0.327 e. The first-order valence-corrected chi connectivity index (χ1v) is 8.73. The van der Waals surface area contributed by atoms with Gasteiger partial charge in [-0.2, -0.15) is 0 Å². The van der Waals surface area contributed by atoms with Crippen LogP contribution in [0.25, 0.3) is 0 Å². The Morgan fingerprint density at radius 2 is 1.84 bits per heavy atom. The highest BCUT2D eigenvalue weighted by atomic mass is 32.1. The van der Waals surface area contributed by atoms with Gasteiger partial charge in [0.05, 0.1) is 5.01 Å². The molecule has 0 aliphatic heterocycles. The van der Waals surface area contributed by atoms with E-state index in [1.807, 2.05) is 0 Å². The van der Waals surface area contributed by atoms with Crippen molar-refractivity contribution < 1.29 is 0 Å². The first kappa shape index (κ1) is 12.3. The molecule has 1 aromatic heterocycles. The van der Waals surface area contributed by atoms with Crippen LogP contribution in [0.1, 0.15) is 42.8 Å². The summed E-state index contributed by atoms with van der Waals surface area (Å²) < 4.78 is 0. The Morgan fingerprint density at radius 3 is 2.37 bits per heavy atom. The lowest BCUT2D eigenvalue weighted by atomic mass is 9.50. The minimum Gasteiger partial charge on any atom is -0.327 e. The van der Waals surface area contributed by atoms with Gasteiger partial charge in [-0.15, -0.1) is 11.3 Å². The highest BCUT2D eigenvalue weighted by molar-refractivity contribution is 7.09. The number of hydrogen-bond donors (Lipinski definition) is 1. The van der Waals surface area contributed by atoms with E-state index in [2.05, 4.69) is 17.3 Å². The van der Waals surface area contributed by atoms with Crippen LogP contribution in [-0.4, -0.2) is 11.0 Å². The zero-order valence-corrected chi connectivity index (χ0v) is 12.5. The van der Waals surface area contributed by atoms with Crippen LogP contribution < -0.4 is 5.73 Å². The van der Waals surface area contributed by atoms with Crippen molar-refractivity contribution in [2.75, 3.05) is 0 Å². The van der Waals surface area contributed by atoms with Gasteiger partial charge >= 0.3 is 0 Å². The standard InChI is InChI=1S/C16H24N2S/c1-9-8-19-15(18-9)7-14(17)16-12-3-10-2-11(5-12)6-13(16)4-10/h8,10-14,16H,2-7,17H2,1H3. The summed E-state index contributed by atoms with van der Waals surface area (Å²) in [5.74, 6) is 4.76. The normalized spacial score (nSPS) is 41.7. The Morgan fingerprint density at radius 1 is 1.21 bits per heavy atom. The van der Waals surface area contributed by atoms with Crippen LogP contribution >= 0.6 is 11.3 Å². The average Bonchev–Trinajstić information content (AvgIpc) is 2.73. The molecule has 104 valence electrons. The Bertz CT molecular complexity index is 439. The van der Waals surface area contributed by atoms with Crippen molar-refractivity contribution in [2.45, 2.75) is 51.5 Å². The lowest BCUT2D eigenvalue weighted by Crippen LogP contribution is -2.52. The lowest BCUT2D eigenvalue weighted by Gasteiger charge is -2.56. The van der Waals surface area contributed by atoms with Gasteiger partial charge in [0.25, 0.3) is 0 Å². The molecule has 1 heterocycles. The molecule has 4 saturated carbocycles. The van der Waals surface area contributed by atoms with Crippen LogP contribution in [0.5, 0.6) is 0 Å². The summed E-state index contributed by atoms with van der Waals surface area (Å²) in [6.45, 7) is 2.08. The van der Waals surface area contributed by atoms with Crippen molar-refractivity contribution in [3.63, 3.8) is 0 Å². The van der Waals surface area contributed by atoms with Gasteiger partial charge in [0.2, 0.25) is 0 Å². The molecule has 1 aromatic rings. The minimum atomic E-state index is 0.348. The molecule has 0 spiro atoms. The van der Waals surface area contributed by atoms with E-state index in [1.165, 1.54) is 37.1 Å². The second-order valence-electron chi connectivity index (χ2n) is 7.26. The van der Waals surface area contributed by atoms with Gasteiger partial charge in [0, 0.05) is 23.5 Å². The summed E-state index contributed by atoms with van der Waals surface area (Å²) in [6.07, 6.45) is 8.43. The van der Waals surface area contributed by atoms with Gasteiger partial charge in [-0.05, 0) is 68.6 Å². The Labute approximate surface area is 119 Å². The van der Waals surface area contributed by atoms with E-state index in [-0.39, 0.29) is 0 Å². The molecule has 19 heavy (non-hydrogen) atoms. The average molecular weight is 276 g/mol. The van der Waals surface area contributed by atoms with Crippen molar-refractivity contribution in [1.82, 2.24) is 4.98 Å². The summed E-state index contributed by atoms with van der Waals surface area (Å²) in [5.41, 5.74) is 7.76. The van der Waals surface area contributed by atoms with Gasteiger partial charge < -0.3 is 5.73 Å². The van der Waals surface area contributed by atoms with Crippen LogP contribution in [0.3, 0.4) is 0 Å². The molecule has 0 amide bonds. The van der Waals surface area contributed by atoms with E-state index in [4.69, 9.17) is 5.73 Å². The minimum absolute atomic E-state index is 0.348. The Balaban J connectivity index is 1.49. The predicted molar refractivity (Wildman–Crippen MR) is 79.1 cm³/mol. The van der Waals surface area contributed by atoms with Crippen LogP contribution in [0.15, 0.2) is 5.38 Å². The SMILES string of the molecule is Cc1csc(CC(N)C2C3CC4CC(C3)CC2C4)n1. The van der Waals surface area contributed by atoms with E-state index in [9.17, 15) is 0 Å². The molecule has 2 N–H and O–H groups in total. The quantitative estimate of drug-likeness (QED) is 0.919. The van der Waals surface area contributed by atoms with Crippen LogP contribution in [0.2, 0.25) is 0 Å². The molecule has 3 heteroatoms. The number of nitrogens with two attached hydrogens (primary N) is 1. The molecule has 1 atom stereocenters. The summed E-state index contributed by atoms with van der Waals surface area (Å²) in [6, 6.07) is 0.348. The third-order valence-corrected chi connectivity index (χ3v) is 6.86. The van der Waals surface area contributed by atoms with Crippen molar-refractivity contribution in [3.05, 3.63) is 16.1 Å². The van der Waals surface area contributed by atoms with Gasteiger partial charge in [-0.25, -0.2) is 4.98 Å². The highest BCUT2D eigenvalue weighted by Gasteiger charge is 2.49. The van der Waals surface area contributed by atoms with Gasteiger partial charge in [-0.3, -0.25) is 0 Å².